The summed E-state index contributed by atoms with van der Waals surface area (Å²) in [6.07, 6.45) is 3.76. The molecule has 2 aliphatic heterocycles. The van der Waals surface area contributed by atoms with E-state index in [0.717, 1.165) is 62.4 Å². The molecule has 0 aromatic heterocycles. The fraction of sp³-hybridized carbons (Fsp3) is 0.480. The van der Waals surface area contributed by atoms with Gasteiger partial charge < -0.3 is 19.1 Å². The summed E-state index contributed by atoms with van der Waals surface area (Å²) in [5.41, 5.74) is 1.14. The summed E-state index contributed by atoms with van der Waals surface area (Å²) in [6, 6.07) is 10.3. The van der Waals surface area contributed by atoms with Crippen LogP contribution in [0, 0.1) is 0 Å². The number of ether oxygens (including phenoxy) is 3. The molecule has 2 heterocycles. The first kappa shape index (κ1) is 25.1. The fourth-order valence-corrected chi connectivity index (χ4v) is 6.41. The van der Waals surface area contributed by atoms with Crippen LogP contribution in [0.3, 0.4) is 0 Å². The van der Waals surface area contributed by atoms with Gasteiger partial charge in [-0.25, -0.2) is 13.1 Å². The van der Waals surface area contributed by atoms with Crippen molar-refractivity contribution in [3.05, 3.63) is 47.0 Å². The van der Waals surface area contributed by atoms with Crippen molar-refractivity contribution in [3.63, 3.8) is 0 Å². The number of hydrogen-bond donors (Lipinski definition) is 1. The molecule has 0 spiro atoms. The van der Waals surface area contributed by atoms with E-state index in [0.29, 0.717) is 13.1 Å². The number of fused-ring (bicyclic) bond motifs is 1. The number of nitrogens with zero attached hydrogens (tertiary/aromatic N) is 2. The molecule has 1 saturated carbocycles. The Labute approximate surface area is 216 Å². The van der Waals surface area contributed by atoms with Crippen LogP contribution in [-0.2, 0) is 21.4 Å². The Morgan fingerprint density at radius 1 is 1.03 bits per heavy atom. The molecule has 194 valence electrons. The number of amides is 1. The lowest BCUT2D eigenvalue weighted by molar-refractivity contribution is -0.135. The molecule has 9 nitrogen and oxygen atoms in total. The number of rotatable bonds is 8. The van der Waals surface area contributed by atoms with E-state index in [9.17, 15) is 13.2 Å². The maximum Gasteiger partial charge on any atom is 0.260 e. The Morgan fingerprint density at radius 2 is 1.78 bits per heavy atom. The first-order chi connectivity index (χ1) is 17.4. The Balaban J connectivity index is 1.09. The number of nitrogens with one attached hydrogen (secondary N) is 1. The second-order valence-electron chi connectivity index (χ2n) is 9.33. The molecule has 5 rings (SSSR count). The molecule has 0 atom stereocenters. The normalized spacial score (nSPS) is 18.5. The van der Waals surface area contributed by atoms with Gasteiger partial charge in [-0.1, -0.05) is 30.5 Å². The molecule has 1 aliphatic carbocycles. The minimum absolute atomic E-state index is 0.0280. The van der Waals surface area contributed by atoms with E-state index >= 15 is 0 Å². The van der Waals surface area contributed by atoms with Crippen LogP contribution >= 0.6 is 11.6 Å². The molecular formula is C25H30ClN3O6S. The SMILES string of the molecule is O=C(COc1ccc(S(=O)(=O)NC2CCCC2)cc1Cl)N1CCN(Cc2ccc3c(c2)OCO3)CC1. The number of piperazine rings is 1. The van der Waals surface area contributed by atoms with Gasteiger partial charge in [-0.05, 0) is 48.7 Å². The standard InChI is InChI=1S/C25H30ClN3O6S/c26-21-14-20(36(31,32)27-19-3-1-2-4-19)6-8-22(21)33-16-25(30)29-11-9-28(10-12-29)15-18-5-7-23-24(13-18)35-17-34-23/h5-8,13-14,19,27H,1-4,9-12,15-17H2. The average Bonchev–Trinajstić information content (AvgIpc) is 3.55. The van der Waals surface area contributed by atoms with Crippen molar-refractivity contribution in [2.24, 2.45) is 0 Å². The third kappa shape index (κ3) is 5.88. The molecule has 3 aliphatic rings. The zero-order chi connectivity index (χ0) is 25.1. The monoisotopic (exact) mass is 535 g/mol. The van der Waals surface area contributed by atoms with Crippen LogP contribution < -0.4 is 18.9 Å². The number of halogens is 1. The van der Waals surface area contributed by atoms with E-state index in [1.54, 1.807) is 4.90 Å². The van der Waals surface area contributed by atoms with Gasteiger partial charge in [0.25, 0.3) is 5.91 Å². The quantitative estimate of drug-likeness (QED) is 0.555. The van der Waals surface area contributed by atoms with Crippen LogP contribution in [0.1, 0.15) is 31.2 Å². The van der Waals surface area contributed by atoms with Gasteiger partial charge in [0, 0.05) is 38.8 Å². The van der Waals surface area contributed by atoms with E-state index < -0.39 is 10.0 Å². The van der Waals surface area contributed by atoms with Gasteiger partial charge in [0.15, 0.2) is 18.1 Å². The molecule has 0 unspecified atom stereocenters. The van der Waals surface area contributed by atoms with Crippen LogP contribution in [0.5, 0.6) is 17.2 Å². The lowest BCUT2D eigenvalue weighted by Crippen LogP contribution is -2.49. The summed E-state index contributed by atoms with van der Waals surface area (Å²) in [5.74, 6) is 1.69. The summed E-state index contributed by atoms with van der Waals surface area (Å²) in [7, 11) is -3.65. The molecule has 36 heavy (non-hydrogen) atoms. The predicted molar refractivity (Wildman–Crippen MR) is 134 cm³/mol. The lowest BCUT2D eigenvalue weighted by Gasteiger charge is -2.34. The first-order valence-electron chi connectivity index (χ1n) is 12.2. The highest BCUT2D eigenvalue weighted by molar-refractivity contribution is 7.89. The zero-order valence-corrected chi connectivity index (χ0v) is 21.5. The Morgan fingerprint density at radius 3 is 2.53 bits per heavy atom. The second kappa shape index (κ2) is 10.8. The van der Waals surface area contributed by atoms with Gasteiger partial charge in [0.1, 0.15) is 5.75 Å². The first-order valence-corrected chi connectivity index (χ1v) is 14.1. The van der Waals surface area contributed by atoms with E-state index in [4.69, 9.17) is 25.8 Å². The van der Waals surface area contributed by atoms with Crippen molar-refractivity contribution in [3.8, 4) is 17.2 Å². The molecular weight excluding hydrogens is 506 g/mol. The van der Waals surface area contributed by atoms with Crippen molar-refractivity contribution in [1.29, 1.82) is 0 Å². The maximum absolute atomic E-state index is 12.7. The topological polar surface area (TPSA) is 97.4 Å². The Hall–Kier alpha value is -2.53. The highest BCUT2D eigenvalue weighted by Crippen LogP contribution is 2.33. The van der Waals surface area contributed by atoms with Gasteiger partial charge >= 0.3 is 0 Å². The highest BCUT2D eigenvalue weighted by atomic mass is 35.5. The van der Waals surface area contributed by atoms with Crippen molar-refractivity contribution in [2.75, 3.05) is 39.6 Å². The van der Waals surface area contributed by atoms with Crippen LogP contribution in [0.15, 0.2) is 41.3 Å². The summed E-state index contributed by atoms with van der Waals surface area (Å²) in [6.45, 7) is 3.58. The van der Waals surface area contributed by atoms with Crippen LogP contribution in [0.2, 0.25) is 5.02 Å². The molecule has 2 aromatic carbocycles. The average molecular weight is 536 g/mol. The summed E-state index contributed by atoms with van der Waals surface area (Å²) >= 11 is 6.29. The van der Waals surface area contributed by atoms with E-state index in [2.05, 4.69) is 9.62 Å². The highest BCUT2D eigenvalue weighted by Gasteiger charge is 2.25. The molecule has 0 radical (unpaired) electrons. The summed E-state index contributed by atoms with van der Waals surface area (Å²) < 4.78 is 44.4. The molecule has 1 saturated heterocycles. The van der Waals surface area contributed by atoms with Crippen molar-refractivity contribution in [1.82, 2.24) is 14.5 Å². The minimum atomic E-state index is -3.65. The van der Waals surface area contributed by atoms with Crippen LogP contribution in [0.25, 0.3) is 0 Å². The summed E-state index contributed by atoms with van der Waals surface area (Å²) in [4.78, 5) is 16.9. The minimum Gasteiger partial charge on any atom is -0.482 e. The summed E-state index contributed by atoms with van der Waals surface area (Å²) in [5, 5.41) is 0.158. The maximum atomic E-state index is 12.7. The molecule has 2 fully saturated rings. The van der Waals surface area contributed by atoms with E-state index in [1.165, 1.54) is 18.2 Å². The van der Waals surface area contributed by atoms with Crippen molar-refractivity contribution >= 4 is 27.5 Å². The third-order valence-corrected chi connectivity index (χ3v) is 8.62. The number of carbonyl (C=O) groups excluding carboxylic acids is 1. The Kier molecular flexibility index (Phi) is 7.57. The largest absolute Gasteiger partial charge is 0.482 e. The lowest BCUT2D eigenvalue weighted by atomic mass is 10.1. The third-order valence-electron chi connectivity index (χ3n) is 6.81. The van der Waals surface area contributed by atoms with Crippen LogP contribution in [-0.4, -0.2) is 69.7 Å². The second-order valence-corrected chi connectivity index (χ2v) is 11.4. The van der Waals surface area contributed by atoms with Gasteiger partial charge in [0.2, 0.25) is 16.8 Å². The zero-order valence-electron chi connectivity index (χ0n) is 19.9. The fourth-order valence-electron chi connectivity index (χ4n) is 4.78. The van der Waals surface area contributed by atoms with Gasteiger partial charge in [-0.2, -0.15) is 0 Å². The van der Waals surface area contributed by atoms with Gasteiger partial charge in [0.05, 0.1) is 9.92 Å². The molecule has 11 heteroatoms. The van der Waals surface area contributed by atoms with E-state index in [1.807, 2.05) is 18.2 Å². The smallest absolute Gasteiger partial charge is 0.260 e. The van der Waals surface area contributed by atoms with Gasteiger partial charge in [-0.3, -0.25) is 9.69 Å². The van der Waals surface area contributed by atoms with Crippen molar-refractivity contribution in [2.45, 2.75) is 43.2 Å². The number of sulfonamides is 1. The van der Waals surface area contributed by atoms with E-state index in [-0.39, 0.29) is 41.0 Å². The molecule has 1 amide bonds. The predicted octanol–water partition coefficient (Wildman–Crippen LogP) is 3.01. The number of hydrogen-bond acceptors (Lipinski definition) is 7. The molecule has 0 bridgehead atoms. The molecule has 1 N–H and O–H groups in total. The number of carbonyl (C=O) groups is 1. The Bertz CT molecular complexity index is 1210. The van der Waals surface area contributed by atoms with Gasteiger partial charge in [-0.15, -0.1) is 0 Å². The number of benzene rings is 2. The molecule has 2 aromatic rings. The van der Waals surface area contributed by atoms with Crippen molar-refractivity contribution < 1.29 is 27.4 Å². The van der Waals surface area contributed by atoms with Crippen LogP contribution in [0.4, 0.5) is 0 Å².